The van der Waals surface area contributed by atoms with Gasteiger partial charge in [-0.2, -0.15) is 0 Å². The van der Waals surface area contributed by atoms with Gasteiger partial charge < -0.3 is 0 Å². The molecule has 0 spiro atoms. The fourth-order valence-corrected chi connectivity index (χ4v) is 4.54. The van der Waals surface area contributed by atoms with Crippen molar-refractivity contribution < 1.29 is 4.39 Å². The molecule has 0 aromatic rings. The van der Waals surface area contributed by atoms with Gasteiger partial charge in [0.25, 0.3) is 0 Å². The van der Waals surface area contributed by atoms with Crippen molar-refractivity contribution in [1.29, 1.82) is 0 Å². The van der Waals surface area contributed by atoms with E-state index >= 15 is 0 Å². The van der Waals surface area contributed by atoms with Crippen LogP contribution in [-0.4, -0.2) is 0 Å². The summed E-state index contributed by atoms with van der Waals surface area (Å²) in [5, 5.41) is 0. The summed E-state index contributed by atoms with van der Waals surface area (Å²) in [5.74, 6) is 0. The Bertz CT molecular complexity index is 248. The van der Waals surface area contributed by atoms with E-state index in [4.69, 9.17) is 0 Å². The van der Waals surface area contributed by atoms with Gasteiger partial charge in [-0.3, -0.25) is 0 Å². The van der Waals surface area contributed by atoms with Crippen molar-refractivity contribution in [2.45, 2.75) is 180 Å². The van der Waals surface area contributed by atoms with Gasteiger partial charge in [0.2, 0.25) is 0 Å². The van der Waals surface area contributed by atoms with Crippen LogP contribution in [0.25, 0.3) is 0 Å². The highest BCUT2D eigenvalue weighted by atomic mass is 19.1. The van der Waals surface area contributed by atoms with Gasteiger partial charge in [0.1, 0.15) is 6.67 Å². The minimum Gasteiger partial charge on any atom is -0.244 e. The van der Waals surface area contributed by atoms with Gasteiger partial charge in [-0.05, 0) is 6.42 Å². The standard InChI is InChI=1S/C29H58F/c1-2-3-4-5-6-7-8-9-10-11-12-13-14-15-16-17-18-19-20-21-22-23-24-25-26-27-28-29-30/h29H,2-28H2,1H3. The van der Waals surface area contributed by atoms with Crippen molar-refractivity contribution in [3.8, 4) is 0 Å². The minimum absolute atomic E-state index is 0.652. The Labute approximate surface area is 191 Å². The number of hydrogen-bond donors (Lipinski definition) is 0. The van der Waals surface area contributed by atoms with Crippen LogP contribution < -0.4 is 0 Å². The van der Waals surface area contributed by atoms with E-state index in [1.165, 1.54) is 161 Å². The lowest BCUT2D eigenvalue weighted by Gasteiger charge is -2.04. The topological polar surface area (TPSA) is 0 Å². The van der Waals surface area contributed by atoms with Crippen molar-refractivity contribution in [2.24, 2.45) is 0 Å². The first-order chi connectivity index (χ1) is 14.9. The fraction of sp³-hybridized carbons (Fsp3) is 0.966. The molecule has 0 N–H and O–H groups in total. The molecule has 1 radical (unpaired) electrons. The molecule has 0 aromatic heterocycles. The third kappa shape index (κ3) is 27.9. The molecule has 0 amide bonds. The SMILES string of the molecule is CCCCCCCCCCCCCCCCCCCCCCCCCCCC[CH]F. The average Bonchev–Trinajstić information content (AvgIpc) is 2.76. The van der Waals surface area contributed by atoms with Crippen molar-refractivity contribution in [3.05, 3.63) is 6.67 Å². The van der Waals surface area contributed by atoms with Crippen molar-refractivity contribution >= 4 is 0 Å². The maximum atomic E-state index is 11.9. The molecule has 30 heavy (non-hydrogen) atoms. The van der Waals surface area contributed by atoms with Crippen LogP contribution in [0.1, 0.15) is 180 Å². The quantitative estimate of drug-likeness (QED) is 0.115. The molecule has 0 aliphatic carbocycles. The molecule has 0 rings (SSSR count). The van der Waals surface area contributed by atoms with E-state index in [0.29, 0.717) is 6.42 Å². The van der Waals surface area contributed by atoms with E-state index in [9.17, 15) is 4.39 Å². The van der Waals surface area contributed by atoms with Crippen LogP contribution in [0.4, 0.5) is 4.39 Å². The van der Waals surface area contributed by atoms with Crippen LogP contribution in [0, 0.1) is 6.67 Å². The van der Waals surface area contributed by atoms with Crippen LogP contribution in [-0.2, 0) is 0 Å². The molecule has 0 aliphatic heterocycles. The van der Waals surface area contributed by atoms with Gasteiger partial charge in [-0.15, -0.1) is 0 Å². The Kier molecular flexibility index (Phi) is 28.9. The number of hydrogen-bond acceptors (Lipinski definition) is 0. The van der Waals surface area contributed by atoms with E-state index in [1.807, 2.05) is 0 Å². The van der Waals surface area contributed by atoms with Crippen LogP contribution in [0.5, 0.6) is 0 Å². The van der Waals surface area contributed by atoms with Gasteiger partial charge in [-0.25, -0.2) is 4.39 Å². The molecule has 0 aromatic carbocycles. The zero-order valence-corrected chi connectivity index (χ0v) is 21.0. The normalized spacial score (nSPS) is 11.4. The van der Waals surface area contributed by atoms with Gasteiger partial charge in [0.15, 0.2) is 0 Å². The van der Waals surface area contributed by atoms with Gasteiger partial charge in [-0.1, -0.05) is 174 Å². The molecular formula is C29H58F. The second kappa shape index (κ2) is 28.9. The molecule has 0 saturated heterocycles. The average molecular weight is 426 g/mol. The molecular weight excluding hydrogens is 367 g/mol. The van der Waals surface area contributed by atoms with Gasteiger partial charge in [0, 0.05) is 0 Å². The monoisotopic (exact) mass is 425 g/mol. The van der Waals surface area contributed by atoms with Crippen LogP contribution in [0.2, 0.25) is 0 Å². The predicted molar refractivity (Wildman–Crippen MR) is 136 cm³/mol. The molecule has 0 aliphatic rings. The largest absolute Gasteiger partial charge is 0.244 e. The van der Waals surface area contributed by atoms with E-state index in [-0.39, 0.29) is 0 Å². The van der Waals surface area contributed by atoms with E-state index in [0.717, 1.165) is 13.1 Å². The summed E-state index contributed by atoms with van der Waals surface area (Å²) >= 11 is 0. The van der Waals surface area contributed by atoms with E-state index < -0.39 is 0 Å². The number of unbranched alkanes of at least 4 members (excludes halogenated alkanes) is 26. The number of halogens is 1. The molecule has 181 valence electrons. The molecule has 0 unspecified atom stereocenters. The van der Waals surface area contributed by atoms with Crippen molar-refractivity contribution in [2.75, 3.05) is 0 Å². The van der Waals surface area contributed by atoms with E-state index in [1.54, 1.807) is 0 Å². The molecule has 0 atom stereocenters. The molecule has 0 bridgehead atoms. The lowest BCUT2D eigenvalue weighted by Crippen LogP contribution is -1.84. The zero-order chi connectivity index (χ0) is 21.8. The Morgan fingerprint density at radius 2 is 0.533 bits per heavy atom. The highest BCUT2D eigenvalue weighted by Crippen LogP contribution is 2.16. The van der Waals surface area contributed by atoms with Crippen molar-refractivity contribution in [3.63, 3.8) is 0 Å². The molecule has 0 heterocycles. The van der Waals surface area contributed by atoms with Crippen LogP contribution in [0.15, 0.2) is 0 Å². The highest BCUT2D eigenvalue weighted by molar-refractivity contribution is 4.53. The first-order valence-corrected chi connectivity index (χ1v) is 14.3. The summed E-state index contributed by atoms with van der Waals surface area (Å²) in [6.45, 7) is 3.10. The highest BCUT2D eigenvalue weighted by Gasteiger charge is 1.96. The third-order valence-electron chi connectivity index (χ3n) is 6.67. The first kappa shape index (κ1) is 29.9. The van der Waals surface area contributed by atoms with Crippen LogP contribution >= 0.6 is 0 Å². The van der Waals surface area contributed by atoms with Crippen LogP contribution in [0.3, 0.4) is 0 Å². The molecule has 0 nitrogen and oxygen atoms in total. The first-order valence-electron chi connectivity index (χ1n) is 14.3. The maximum absolute atomic E-state index is 11.9. The van der Waals surface area contributed by atoms with E-state index in [2.05, 4.69) is 6.92 Å². The Hall–Kier alpha value is -0.0700. The minimum atomic E-state index is 0.652. The lowest BCUT2D eigenvalue weighted by molar-refractivity contribution is 0.510. The smallest absolute Gasteiger partial charge is 0.131 e. The van der Waals surface area contributed by atoms with Gasteiger partial charge in [0.05, 0.1) is 0 Å². The molecule has 1 heteroatoms. The lowest BCUT2D eigenvalue weighted by atomic mass is 10.0. The third-order valence-corrected chi connectivity index (χ3v) is 6.67. The maximum Gasteiger partial charge on any atom is 0.131 e. The zero-order valence-electron chi connectivity index (χ0n) is 21.0. The Morgan fingerprint density at radius 3 is 0.733 bits per heavy atom. The Balaban J connectivity index is 2.97. The Morgan fingerprint density at radius 1 is 0.333 bits per heavy atom. The van der Waals surface area contributed by atoms with Gasteiger partial charge >= 0.3 is 0 Å². The second-order valence-corrected chi connectivity index (χ2v) is 9.78. The summed E-state index contributed by atoms with van der Waals surface area (Å²) in [7, 11) is 0. The summed E-state index contributed by atoms with van der Waals surface area (Å²) in [6, 6.07) is 0. The number of rotatable bonds is 27. The summed E-state index contributed by atoms with van der Waals surface area (Å²) in [4.78, 5) is 0. The summed E-state index contributed by atoms with van der Waals surface area (Å²) < 4.78 is 11.9. The summed E-state index contributed by atoms with van der Waals surface area (Å²) in [5.41, 5.74) is 0. The van der Waals surface area contributed by atoms with Crippen molar-refractivity contribution in [1.82, 2.24) is 0 Å². The fourth-order valence-electron chi connectivity index (χ4n) is 4.54. The second-order valence-electron chi connectivity index (χ2n) is 9.78. The molecule has 0 fully saturated rings. The molecule has 0 saturated carbocycles. The predicted octanol–water partition coefficient (Wildman–Crippen LogP) is 11.7. The summed E-state index contributed by atoms with van der Waals surface area (Å²) in [6.07, 6.45) is 37.5.